The normalized spacial score (nSPS) is 9.88. The van der Waals surface area contributed by atoms with Crippen molar-refractivity contribution >= 4 is 23.4 Å². The zero-order chi connectivity index (χ0) is 17.7. The molecule has 0 aromatic heterocycles. The highest BCUT2D eigenvalue weighted by Crippen LogP contribution is 2.26. The number of amides is 1. The third kappa shape index (κ3) is 3.97. The lowest BCUT2D eigenvalue weighted by Crippen LogP contribution is -2.17. The van der Waals surface area contributed by atoms with E-state index in [0.29, 0.717) is 0 Å². The van der Waals surface area contributed by atoms with Crippen LogP contribution in [0.3, 0.4) is 0 Å². The van der Waals surface area contributed by atoms with Crippen LogP contribution in [0.2, 0.25) is 0 Å². The first kappa shape index (κ1) is 16.7. The zero-order valence-corrected chi connectivity index (χ0v) is 12.4. The number of nitrogens with zero attached hydrogens (tertiary/aromatic N) is 1. The van der Waals surface area contributed by atoms with Crippen molar-refractivity contribution in [3.8, 4) is 11.5 Å². The Bertz CT molecular complexity index is 787. The topological polar surface area (TPSA) is 128 Å². The summed E-state index contributed by atoms with van der Waals surface area (Å²) in [6, 6.07) is 8.85. The maximum absolute atomic E-state index is 11.9. The van der Waals surface area contributed by atoms with Crippen molar-refractivity contribution in [2.45, 2.75) is 0 Å². The number of hydrogen-bond acceptors (Lipinski definition) is 6. The van der Waals surface area contributed by atoms with Crippen LogP contribution in [0.1, 0.15) is 10.4 Å². The van der Waals surface area contributed by atoms with Gasteiger partial charge in [-0.05, 0) is 30.3 Å². The average Bonchev–Trinajstić information content (AvgIpc) is 2.55. The van der Waals surface area contributed by atoms with E-state index in [0.717, 1.165) is 0 Å². The Morgan fingerprint density at radius 1 is 1.17 bits per heavy atom. The maximum Gasteiger partial charge on any atom is 0.417 e. The zero-order valence-electron chi connectivity index (χ0n) is 12.4. The predicted octanol–water partition coefficient (Wildman–Crippen LogP) is 2.91. The number of carboxylic acids is 1. The molecular weight excluding hydrogens is 320 g/mol. The molecule has 0 heterocycles. The van der Waals surface area contributed by atoms with Crippen LogP contribution in [0.15, 0.2) is 42.5 Å². The fourth-order valence-corrected chi connectivity index (χ4v) is 1.82. The highest BCUT2D eigenvalue weighted by Gasteiger charge is 2.13. The van der Waals surface area contributed by atoms with Crippen molar-refractivity contribution in [1.29, 1.82) is 0 Å². The molecule has 1 amide bonds. The first-order chi connectivity index (χ1) is 11.4. The summed E-state index contributed by atoms with van der Waals surface area (Å²) in [4.78, 5) is 32.8. The van der Waals surface area contributed by atoms with E-state index in [1.807, 2.05) is 0 Å². The minimum Gasteiger partial charge on any atom is -0.495 e. The number of benzene rings is 2. The van der Waals surface area contributed by atoms with E-state index in [-0.39, 0.29) is 28.4 Å². The summed E-state index contributed by atoms with van der Waals surface area (Å²) in [6.45, 7) is 0. The quantitative estimate of drug-likeness (QED) is 0.636. The molecule has 0 aliphatic heterocycles. The molecular formula is C15H12N2O7. The lowest BCUT2D eigenvalue weighted by atomic mass is 10.2. The number of nitrogens with one attached hydrogen (secondary N) is 1. The number of nitro benzene ring substituents is 1. The van der Waals surface area contributed by atoms with Gasteiger partial charge in [-0.25, -0.2) is 9.59 Å². The molecule has 0 saturated carbocycles. The molecule has 0 aliphatic rings. The smallest absolute Gasteiger partial charge is 0.417 e. The molecule has 2 aromatic rings. The summed E-state index contributed by atoms with van der Waals surface area (Å²) < 4.78 is 10.0. The van der Waals surface area contributed by atoms with Gasteiger partial charge in [-0.2, -0.15) is 0 Å². The van der Waals surface area contributed by atoms with Gasteiger partial charge < -0.3 is 14.6 Å². The SMILES string of the molecule is COc1ccc(C(=O)O)cc1NC(=O)Oc1ccc([N+](=O)[O-])cc1. The third-order valence-corrected chi connectivity index (χ3v) is 2.94. The van der Waals surface area contributed by atoms with Crippen LogP contribution in [0, 0.1) is 10.1 Å². The number of carboxylic acid groups (broad SMARTS) is 1. The predicted molar refractivity (Wildman–Crippen MR) is 82.7 cm³/mol. The van der Waals surface area contributed by atoms with Crippen LogP contribution in [-0.4, -0.2) is 29.2 Å². The minimum absolute atomic E-state index is 0.0403. The van der Waals surface area contributed by atoms with E-state index >= 15 is 0 Å². The fourth-order valence-electron chi connectivity index (χ4n) is 1.82. The molecule has 9 heteroatoms. The van der Waals surface area contributed by atoms with Gasteiger partial charge in [-0.15, -0.1) is 0 Å². The van der Waals surface area contributed by atoms with E-state index in [4.69, 9.17) is 14.6 Å². The third-order valence-electron chi connectivity index (χ3n) is 2.94. The summed E-state index contributed by atoms with van der Waals surface area (Å²) in [5.74, 6) is -0.823. The van der Waals surface area contributed by atoms with Gasteiger partial charge in [0.05, 0.1) is 23.3 Å². The van der Waals surface area contributed by atoms with E-state index in [2.05, 4.69) is 5.32 Å². The van der Waals surface area contributed by atoms with Crippen LogP contribution >= 0.6 is 0 Å². The molecule has 0 radical (unpaired) electrons. The van der Waals surface area contributed by atoms with Gasteiger partial charge in [-0.3, -0.25) is 15.4 Å². The van der Waals surface area contributed by atoms with E-state index in [1.165, 1.54) is 49.6 Å². The maximum atomic E-state index is 11.9. The van der Waals surface area contributed by atoms with Crippen LogP contribution in [-0.2, 0) is 0 Å². The minimum atomic E-state index is -1.16. The summed E-state index contributed by atoms with van der Waals surface area (Å²) in [6.07, 6.45) is -0.898. The second-order valence-electron chi connectivity index (χ2n) is 4.49. The number of carbonyl (C=O) groups is 2. The Hall–Kier alpha value is -3.62. The molecule has 0 spiro atoms. The Morgan fingerprint density at radius 2 is 1.83 bits per heavy atom. The molecule has 0 fully saturated rings. The number of nitro groups is 1. The summed E-state index contributed by atoms with van der Waals surface area (Å²) in [5.41, 5.74) is -0.0654. The second kappa shape index (κ2) is 7.09. The van der Waals surface area contributed by atoms with Gasteiger partial charge >= 0.3 is 12.1 Å². The molecule has 2 rings (SSSR count). The average molecular weight is 332 g/mol. The number of aromatic carboxylic acids is 1. The van der Waals surface area contributed by atoms with Crippen LogP contribution in [0.5, 0.6) is 11.5 Å². The highest BCUT2D eigenvalue weighted by atomic mass is 16.6. The number of ether oxygens (including phenoxy) is 2. The van der Waals surface area contributed by atoms with E-state index < -0.39 is 17.0 Å². The van der Waals surface area contributed by atoms with Gasteiger partial charge in [0.1, 0.15) is 11.5 Å². The number of rotatable bonds is 5. The summed E-state index contributed by atoms with van der Waals surface area (Å²) in [7, 11) is 1.36. The van der Waals surface area contributed by atoms with Crippen molar-refractivity contribution in [2.75, 3.05) is 12.4 Å². The van der Waals surface area contributed by atoms with Gasteiger partial charge in [-0.1, -0.05) is 0 Å². The van der Waals surface area contributed by atoms with Crippen LogP contribution in [0.4, 0.5) is 16.2 Å². The van der Waals surface area contributed by atoms with Crippen LogP contribution < -0.4 is 14.8 Å². The molecule has 0 aliphatic carbocycles. The Balaban J connectivity index is 2.12. The van der Waals surface area contributed by atoms with Crippen LogP contribution in [0.25, 0.3) is 0 Å². The molecule has 0 bridgehead atoms. The van der Waals surface area contributed by atoms with Gasteiger partial charge in [0.25, 0.3) is 5.69 Å². The van der Waals surface area contributed by atoms with Gasteiger partial charge in [0, 0.05) is 12.1 Å². The van der Waals surface area contributed by atoms with Crippen molar-refractivity contribution < 1.29 is 29.1 Å². The second-order valence-corrected chi connectivity index (χ2v) is 4.49. The lowest BCUT2D eigenvalue weighted by molar-refractivity contribution is -0.384. The molecule has 2 N–H and O–H groups in total. The number of carbonyl (C=O) groups excluding carboxylic acids is 1. The Labute approximate surface area is 135 Å². The molecule has 2 aromatic carbocycles. The summed E-state index contributed by atoms with van der Waals surface area (Å²) >= 11 is 0. The van der Waals surface area contributed by atoms with Crippen molar-refractivity contribution in [3.05, 3.63) is 58.1 Å². The molecule has 0 saturated heterocycles. The standard InChI is InChI=1S/C15H12N2O7/c1-23-13-7-2-9(14(18)19)8-12(13)16-15(20)24-11-5-3-10(4-6-11)17(21)22/h2-8H,1H3,(H,16,20)(H,18,19). The van der Waals surface area contributed by atoms with E-state index in [1.54, 1.807) is 0 Å². The van der Waals surface area contributed by atoms with E-state index in [9.17, 15) is 19.7 Å². The van der Waals surface area contributed by atoms with Crippen molar-refractivity contribution in [2.24, 2.45) is 0 Å². The molecule has 24 heavy (non-hydrogen) atoms. The van der Waals surface area contributed by atoms with Gasteiger partial charge in [0.2, 0.25) is 0 Å². The molecule has 0 atom stereocenters. The first-order valence-electron chi connectivity index (χ1n) is 6.55. The highest BCUT2D eigenvalue weighted by molar-refractivity contribution is 5.93. The largest absolute Gasteiger partial charge is 0.495 e. The number of non-ortho nitro benzene ring substituents is 1. The lowest BCUT2D eigenvalue weighted by Gasteiger charge is -2.11. The molecule has 0 unspecified atom stereocenters. The number of anilines is 1. The molecule has 9 nitrogen and oxygen atoms in total. The van der Waals surface area contributed by atoms with Crippen molar-refractivity contribution in [1.82, 2.24) is 0 Å². The number of hydrogen-bond donors (Lipinski definition) is 2. The number of methoxy groups -OCH3 is 1. The Kier molecular flexibility index (Phi) is 4.95. The first-order valence-corrected chi connectivity index (χ1v) is 6.55. The monoisotopic (exact) mass is 332 g/mol. The van der Waals surface area contributed by atoms with Gasteiger partial charge in [0.15, 0.2) is 0 Å². The Morgan fingerprint density at radius 3 is 2.38 bits per heavy atom. The molecule has 124 valence electrons. The van der Waals surface area contributed by atoms with Crippen molar-refractivity contribution in [3.63, 3.8) is 0 Å². The summed E-state index contributed by atoms with van der Waals surface area (Å²) in [5, 5.41) is 21.9. The fraction of sp³-hybridized carbons (Fsp3) is 0.0667.